The van der Waals surface area contributed by atoms with E-state index in [1.54, 1.807) is 12.1 Å². The zero-order valence-electron chi connectivity index (χ0n) is 17.1. The van der Waals surface area contributed by atoms with Crippen molar-refractivity contribution in [2.75, 3.05) is 13.2 Å². The fraction of sp³-hybridized carbons (Fsp3) is 0.409. The topological polar surface area (TPSA) is 102 Å². The number of ether oxygens (including phenoxy) is 2. The Morgan fingerprint density at radius 3 is 2.60 bits per heavy atom. The highest BCUT2D eigenvalue weighted by Crippen LogP contribution is 2.27. The van der Waals surface area contributed by atoms with Crippen molar-refractivity contribution in [1.82, 2.24) is 4.57 Å². The molecule has 0 amide bonds. The first-order chi connectivity index (χ1) is 14.2. The van der Waals surface area contributed by atoms with Crippen molar-refractivity contribution < 1.29 is 19.4 Å². The molecule has 1 fully saturated rings. The van der Waals surface area contributed by atoms with Crippen LogP contribution in [0.4, 0.5) is 0 Å². The number of aromatic nitrogens is 1. The molecule has 1 atom stereocenters. The molecule has 1 saturated heterocycles. The number of benzene rings is 1. The molecular formula is C22H23ClN2O5. The van der Waals surface area contributed by atoms with Crippen LogP contribution in [-0.2, 0) is 11.3 Å². The molecule has 30 heavy (non-hydrogen) atoms. The van der Waals surface area contributed by atoms with Gasteiger partial charge < -0.3 is 14.6 Å². The fourth-order valence-corrected chi connectivity index (χ4v) is 3.77. The summed E-state index contributed by atoms with van der Waals surface area (Å²) < 4.78 is 12.2. The first-order valence-electron chi connectivity index (χ1n) is 9.65. The minimum absolute atomic E-state index is 0.0797. The molecule has 7 nitrogen and oxygen atoms in total. The Bertz CT molecular complexity index is 1070. The Hall–Kier alpha value is -2.82. The van der Waals surface area contributed by atoms with E-state index in [1.807, 2.05) is 19.9 Å². The summed E-state index contributed by atoms with van der Waals surface area (Å²) in [5.41, 5.74) is 0.869. The van der Waals surface area contributed by atoms with Crippen molar-refractivity contribution in [3.8, 4) is 17.7 Å². The van der Waals surface area contributed by atoms with Crippen molar-refractivity contribution in [2.45, 2.75) is 46.3 Å². The Morgan fingerprint density at radius 1 is 1.37 bits per heavy atom. The summed E-state index contributed by atoms with van der Waals surface area (Å²) in [5, 5.41) is 20.8. The zero-order chi connectivity index (χ0) is 22.0. The van der Waals surface area contributed by atoms with Gasteiger partial charge in [0.15, 0.2) is 6.61 Å². The van der Waals surface area contributed by atoms with Crippen LogP contribution in [0.5, 0.6) is 11.6 Å². The first-order valence-corrected chi connectivity index (χ1v) is 10.0. The summed E-state index contributed by atoms with van der Waals surface area (Å²) in [6.07, 6.45) is 1.35. The third-order valence-corrected chi connectivity index (χ3v) is 5.87. The minimum atomic E-state index is -0.635. The van der Waals surface area contributed by atoms with Crippen molar-refractivity contribution >= 4 is 17.4 Å². The molecule has 158 valence electrons. The van der Waals surface area contributed by atoms with Crippen LogP contribution in [0.15, 0.2) is 16.9 Å². The Labute approximate surface area is 179 Å². The average molecular weight is 431 g/mol. The molecule has 1 aliphatic heterocycles. The maximum absolute atomic E-state index is 12.9. The van der Waals surface area contributed by atoms with Gasteiger partial charge in [-0.15, -0.1) is 0 Å². The van der Waals surface area contributed by atoms with E-state index >= 15 is 0 Å². The summed E-state index contributed by atoms with van der Waals surface area (Å²) in [4.78, 5) is 25.6. The molecule has 0 aliphatic carbocycles. The molecule has 1 N–H and O–H groups in total. The number of pyridine rings is 1. The maximum atomic E-state index is 12.9. The molecule has 8 heteroatoms. The van der Waals surface area contributed by atoms with E-state index in [1.165, 1.54) is 6.92 Å². The van der Waals surface area contributed by atoms with Gasteiger partial charge in [0.05, 0.1) is 18.2 Å². The van der Waals surface area contributed by atoms with Gasteiger partial charge in [0.1, 0.15) is 17.4 Å². The molecule has 0 radical (unpaired) electrons. The predicted octanol–water partition coefficient (Wildman–Crippen LogP) is 3.44. The Balaban J connectivity index is 1.93. The van der Waals surface area contributed by atoms with Crippen LogP contribution < -0.4 is 10.3 Å². The minimum Gasteiger partial charge on any atom is -0.494 e. The number of carbonyl (C=O) groups excluding carboxylic acids is 1. The highest BCUT2D eigenvalue weighted by Gasteiger charge is 2.26. The van der Waals surface area contributed by atoms with E-state index in [4.69, 9.17) is 21.1 Å². The third-order valence-electron chi connectivity index (χ3n) is 5.27. The second-order valence-electron chi connectivity index (χ2n) is 7.44. The molecule has 1 aliphatic rings. The number of rotatable bonds is 6. The normalized spacial score (nSPS) is 15.8. The van der Waals surface area contributed by atoms with Gasteiger partial charge >= 0.3 is 0 Å². The molecule has 1 aromatic carbocycles. The van der Waals surface area contributed by atoms with Gasteiger partial charge in [0.2, 0.25) is 11.7 Å². The number of Topliss-reactive ketones (excluding diaryl/α,β-unsaturated/α-hetero) is 1. The molecule has 0 spiro atoms. The number of aromatic hydroxyl groups is 1. The summed E-state index contributed by atoms with van der Waals surface area (Å²) in [5.74, 6) is -0.537. The first kappa shape index (κ1) is 21.9. The highest BCUT2D eigenvalue weighted by molar-refractivity contribution is 6.32. The molecular weight excluding hydrogens is 408 g/mol. The van der Waals surface area contributed by atoms with Crippen molar-refractivity contribution in [2.24, 2.45) is 0 Å². The molecule has 2 heterocycles. The van der Waals surface area contributed by atoms with Crippen LogP contribution >= 0.6 is 11.6 Å². The molecule has 1 unspecified atom stereocenters. The van der Waals surface area contributed by atoms with E-state index in [0.717, 1.165) is 28.5 Å². The lowest BCUT2D eigenvalue weighted by Gasteiger charge is -2.18. The average Bonchev–Trinajstić information content (AvgIpc) is 3.21. The fourth-order valence-electron chi connectivity index (χ4n) is 3.66. The zero-order valence-corrected chi connectivity index (χ0v) is 17.9. The van der Waals surface area contributed by atoms with E-state index in [9.17, 15) is 20.0 Å². The summed E-state index contributed by atoms with van der Waals surface area (Å²) in [6.45, 7) is 5.44. The lowest BCUT2D eigenvalue weighted by Crippen LogP contribution is -2.31. The smallest absolute Gasteiger partial charge is 0.271 e. The molecule has 0 bridgehead atoms. The van der Waals surface area contributed by atoms with Crippen molar-refractivity contribution in [3.63, 3.8) is 0 Å². The third kappa shape index (κ3) is 4.20. The Morgan fingerprint density at radius 2 is 2.03 bits per heavy atom. The SMILES string of the molecule is Cc1cc(OCC(=O)c2c(C)c(C#N)c(=O)n(CC3CCCO3)c2O)cc(C)c1Cl. The van der Waals surface area contributed by atoms with Crippen LogP contribution in [0, 0.1) is 32.1 Å². The van der Waals surface area contributed by atoms with Crippen molar-refractivity contribution in [1.29, 1.82) is 5.26 Å². The van der Waals surface area contributed by atoms with Gasteiger partial charge in [-0.25, -0.2) is 0 Å². The molecule has 0 saturated carbocycles. The largest absolute Gasteiger partial charge is 0.494 e. The lowest BCUT2D eigenvalue weighted by atomic mass is 10.0. The Kier molecular flexibility index (Phi) is 6.49. The van der Waals surface area contributed by atoms with Crippen LogP contribution in [0.1, 0.15) is 45.5 Å². The second kappa shape index (κ2) is 8.90. The van der Waals surface area contributed by atoms with Gasteiger partial charge in [-0.2, -0.15) is 5.26 Å². The number of hydrogen-bond donors (Lipinski definition) is 1. The number of ketones is 1. The molecule has 3 rings (SSSR count). The van der Waals surface area contributed by atoms with E-state index < -0.39 is 17.2 Å². The number of carbonyl (C=O) groups is 1. The van der Waals surface area contributed by atoms with Gasteiger partial charge in [0.25, 0.3) is 5.56 Å². The quantitative estimate of drug-likeness (QED) is 0.704. The monoisotopic (exact) mass is 430 g/mol. The second-order valence-corrected chi connectivity index (χ2v) is 7.82. The number of aryl methyl sites for hydroxylation is 2. The van der Waals surface area contributed by atoms with Gasteiger partial charge in [-0.1, -0.05) is 11.6 Å². The van der Waals surface area contributed by atoms with E-state index in [2.05, 4.69) is 0 Å². The number of hydrogen-bond acceptors (Lipinski definition) is 6. The van der Waals surface area contributed by atoms with Gasteiger partial charge in [0, 0.05) is 11.6 Å². The maximum Gasteiger partial charge on any atom is 0.271 e. The van der Waals surface area contributed by atoms with E-state index in [0.29, 0.717) is 17.4 Å². The van der Waals surface area contributed by atoms with Crippen LogP contribution in [0.25, 0.3) is 0 Å². The van der Waals surface area contributed by atoms with Gasteiger partial charge in [-0.05, 0) is 62.4 Å². The van der Waals surface area contributed by atoms with Crippen LogP contribution in [0.3, 0.4) is 0 Å². The summed E-state index contributed by atoms with van der Waals surface area (Å²) in [7, 11) is 0. The molecule has 2 aromatic rings. The highest BCUT2D eigenvalue weighted by atomic mass is 35.5. The number of nitriles is 1. The molecule has 1 aromatic heterocycles. The lowest BCUT2D eigenvalue weighted by molar-refractivity contribution is 0.0894. The van der Waals surface area contributed by atoms with Crippen LogP contribution in [0.2, 0.25) is 5.02 Å². The number of halogens is 1. The summed E-state index contributed by atoms with van der Waals surface area (Å²) in [6, 6.07) is 5.29. The predicted molar refractivity (Wildman–Crippen MR) is 112 cm³/mol. The van der Waals surface area contributed by atoms with Gasteiger partial charge in [-0.3, -0.25) is 14.2 Å². The van der Waals surface area contributed by atoms with E-state index in [-0.39, 0.29) is 35.9 Å². The van der Waals surface area contributed by atoms with Crippen molar-refractivity contribution in [3.05, 3.63) is 55.3 Å². The van der Waals surface area contributed by atoms with Crippen LogP contribution in [-0.4, -0.2) is 34.8 Å². The summed E-state index contributed by atoms with van der Waals surface area (Å²) >= 11 is 6.16. The standard InChI is InChI=1S/C22H23ClN2O5/c1-12-7-16(8-13(2)20(12)23)30-11-18(26)19-14(3)17(9-24)21(27)25(22(19)28)10-15-5-4-6-29-15/h7-8,15,28H,4-6,10-11H2,1-3H3. The number of nitrogens with zero attached hydrogens (tertiary/aromatic N) is 2.